The van der Waals surface area contributed by atoms with Gasteiger partial charge in [0.15, 0.2) is 0 Å². The van der Waals surface area contributed by atoms with E-state index in [1.807, 2.05) is 29.2 Å². The fraction of sp³-hybridized carbons (Fsp3) is 0.364. The Kier molecular flexibility index (Phi) is 4.83. The zero-order valence-electron chi connectivity index (χ0n) is 16.5. The fourth-order valence-corrected chi connectivity index (χ4v) is 5.30. The van der Waals surface area contributed by atoms with Crippen molar-refractivity contribution in [2.45, 2.75) is 42.5 Å². The number of sulfonamides is 1. The maximum absolute atomic E-state index is 13.0. The molecule has 2 fully saturated rings. The Balaban J connectivity index is 1.30. The van der Waals surface area contributed by atoms with E-state index in [9.17, 15) is 13.2 Å². The van der Waals surface area contributed by atoms with Crippen LogP contribution in [0.5, 0.6) is 0 Å². The van der Waals surface area contributed by atoms with Gasteiger partial charge in [0.25, 0.3) is 5.91 Å². The molecule has 2 aromatic carbocycles. The van der Waals surface area contributed by atoms with Gasteiger partial charge >= 0.3 is 0 Å². The number of likely N-dealkylation sites (tertiary alicyclic amines) is 1. The Morgan fingerprint density at radius 2 is 1.83 bits per heavy atom. The third kappa shape index (κ3) is 3.85. The molecule has 1 amide bonds. The summed E-state index contributed by atoms with van der Waals surface area (Å²) < 4.78 is 27.3. The Hall–Kier alpha value is -2.71. The van der Waals surface area contributed by atoms with E-state index in [1.165, 1.54) is 12.1 Å². The number of aromatic nitrogens is 2. The Bertz CT molecular complexity index is 1150. The minimum absolute atomic E-state index is 0.0554. The quantitative estimate of drug-likeness (QED) is 0.658. The lowest BCUT2D eigenvalue weighted by molar-refractivity contribution is 0.0705. The molecule has 3 aromatic rings. The van der Waals surface area contributed by atoms with Crippen molar-refractivity contribution in [1.82, 2.24) is 19.6 Å². The monoisotopic (exact) mass is 424 g/mol. The number of H-pyrrole nitrogens is 1. The van der Waals surface area contributed by atoms with Crippen LogP contribution in [0, 0.1) is 0 Å². The lowest BCUT2D eigenvalue weighted by atomic mass is 9.96. The van der Waals surface area contributed by atoms with Gasteiger partial charge in [-0.1, -0.05) is 12.1 Å². The van der Waals surface area contributed by atoms with Crippen molar-refractivity contribution in [2.24, 2.45) is 0 Å². The number of fused-ring (bicyclic) bond motifs is 1. The molecule has 0 spiro atoms. The van der Waals surface area contributed by atoms with Crippen molar-refractivity contribution in [3.8, 4) is 0 Å². The van der Waals surface area contributed by atoms with E-state index < -0.39 is 10.0 Å². The smallest absolute Gasteiger partial charge is 0.253 e. The standard InChI is InChI=1S/C22H24N4O3S/c27-22(15-7-11-18(12-8-15)30(28,29)25-17-9-10-17)26-13-3-4-16(14-26)21-23-19-5-1-2-6-20(19)24-21/h1-2,5-8,11-12,16-17,25H,3-4,9-10,13-14H2,(H,23,24). The highest BCUT2D eigenvalue weighted by Crippen LogP contribution is 2.28. The highest BCUT2D eigenvalue weighted by Gasteiger charge is 2.29. The molecule has 30 heavy (non-hydrogen) atoms. The zero-order valence-corrected chi connectivity index (χ0v) is 17.4. The van der Waals surface area contributed by atoms with Gasteiger partial charge < -0.3 is 9.88 Å². The summed E-state index contributed by atoms with van der Waals surface area (Å²) in [6, 6.07) is 14.2. The largest absolute Gasteiger partial charge is 0.342 e. The molecule has 8 heteroatoms. The minimum atomic E-state index is -3.51. The molecule has 5 rings (SSSR count). The van der Waals surface area contributed by atoms with Crippen LogP contribution in [0.2, 0.25) is 0 Å². The third-order valence-corrected chi connectivity index (χ3v) is 7.35. The number of benzene rings is 2. The van der Waals surface area contributed by atoms with Crippen LogP contribution in [-0.2, 0) is 10.0 Å². The molecule has 1 aliphatic carbocycles. The summed E-state index contributed by atoms with van der Waals surface area (Å²) in [5, 5.41) is 0. The molecule has 1 unspecified atom stereocenters. The van der Waals surface area contributed by atoms with E-state index in [0.717, 1.165) is 42.5 Å². The highest BCUT2D eigenvalue weighted by atomic mass is 32.2. The number of amides is 1. The molecule has 156 valence electrons. The Morgan fingerprint density at radius 1 is 1.07 bits per heavy atom. The number of hydrogen-bond donors (Lipinski definition) is 2. The lowest BCUT2D eigenvalue weighted by Crippen LogP contribution is -2.39. The molecule has 2 heterocycles. The molecule has 0 bridgehead atoms. The van der Waals surface area contributed by atoms with Crippen LogP contribution < -0.4 is 4.72 Å². The maximum Gasteiger partial charge on any atom is 0.253 e. The number of imidazole rings is 1. The number of aromatic amines is 1. The van der Waals surface area contributed by atoms with Crippen LogP contribution in [0.15, 0.2) is 53.4 Å². The second kappa shape index (κ2) is 7.52. The van der Waals surface area contributed by atoms with E-state index in [0.29, 0.717) is 18.7 Å². The number of carbonyl (C=O) groups is 1. The first-order chi connectivity index (χ1) is 14.5. The van der Waals surface area contributed by atoms with Gasteiger partial charge in [-0.2, -0.15) is 0 Å². The zero-order chi connectivity index (χ0) is 20.7. The van der Waals surface area contributed by atoms with Crippen LogP contribution in [0.4, 0.5) is 0 Å². The predicted molar refractivity (Wildman–Crippen MR) is 114 cm³/mol. The summed E-state index contributed by atoms with van der Waals surface area (Å²) in [5.41, 5.74) is 2.45. The first-order valence-corrected chi connectivity index (χ1v) is 11.8. The van der Waals surface area contributed by atoms with E-state index in [2.05, 4.69) is 9.71 Å². The van der Waals surface area contributed by atoms with Gasteiger partial charge in [0.1, 0.15) is 5.82 Å². The van der Waals surface area contributed by atoms with Gasteiger partial charge in [0.05, 0.1) is 15.9 Å². The van der Waals surface area contributed by atoms with Crippen molar-refractivity contribution >= 4 is 27.0 Å². The normalized spacial score (nSPS) is 19.9. The second-order valence-electron chi connectivity index (χ2n) is 8.15. The number of hydrogen-bond acceptors (Lipinski definition) is 4. The molecule has 1 atom stereocenters. The van der Waals surface area contributed by atoms with Gasteiger partial charge in [-0.15, -0.1) is 0 Å². The van der Waals surface area contributed by atoms with Gasteiger partial charge in [-0.05, 0) is 62.1 Å². The summed E-state index contributed by atoms with van der Waals surface area (Å²) in [7, 11) is -3.51. The van der Waals surface area contributed by atoms with Gasteiger partial charge in [-0.25, -0.2) is 18.1 Å². The fourth-order valence-electron chi connectivity index (χ4n) is 4.00. The first-order valence-electron chi connectivity index (χ1n) is 10.4. The number of rotatable bonds is 5. The summed E-state index contributed by atoms with van der Waals surface area (Å²) >= 11 is 0. The molecule has 2 aliphatic rings. The molecule has 1 saturated heterocycles. The molecule has 1 aliphatic heterocycles. The van der Waals surface area contributed by atoms with E-state index in [-0.39, 0.29) is 22.8 Å². The molecular formula is C22H24N4O3S. The molecule has 2 N–H and O–H groups in total. The third-order valence-electron chi connectivity index (χ3n) is 5.81. The SMILES string of the molecule is O=C(c1ccc(S(=O)(=O)NC2CC2)cc1)N1CCCC(c2nc3ccccc3[nH]2)C1. The average molecular weight is 425 g/mol. The van der Waals surface area contributed by atoms with Crippen molar-refractivity contribution in [3.63, 3.8) is 0 Å². The first kappa shape index (κ1) is 19.3. The van der Waals surface area contributed by atoms with Crippen molar-refractivity contribution in [1.29, 1.82) is 0 Å². The second-order valence-corrected chi connectivity index (χ2v) is 9.86. The Labute approximate surface area is 175 Å². The molecular weight excluding hydrogens is 400 g/mol. The molecule has 7 nitrogen and oxygen atoms in total. The maximum atomic E-state index is 13.0. The van der Waals surface area contributed by atoms with Gasteiger partial charge in [-0.3, -0.25) is 4.79 Å². The molecule has 0 radical (unpaired) electrons. The van der Waals surface area contributed by atoms with Crippen molar-refractivity contribution < 1.29 is 13.2 Å². The Morgan fingerprint density at radius 3 is 2.57 bits per heavy atom. The van der Waals surface area contributed by atoms with Gasteiger partial charge in [0, 0.05) is 30.6 Å². The number of nitrogens with one attached hydrogen (secondary N) is 2. The predicted octanol–water partition coefficient (Wildman–Crippen LogP) is 3.02. The average Bonchev–Trinajstić information content (AvgIpc) is 3.46. The molecule has 1 aromatic heterocycles. The summed E-state index contributed by atoms with van der Waals surface area (Å²) in [6.45, 7) is 1.29. The number of carbonyl (C=O) groups excluding carboxylic acids is 1. The number of piperidine rings is 1. The van der Waals surface area contributed by atoms with Crippen LogP contribution in [0.3, 0.4) is 0 Å². The van der Waals surface area contributed by atoms with E-state index >= 15 is 0 Å². The molecule has 1 saturated carbocycles. The highest BCUT2D eigenvalue weighted by molar-refractivity contribution is 7.89. The summed E-state index contributed by atoms with van der Waals surface area (Å²) in [6.07, 6.45) is 3.66. The van der Waals surface area contributed by atoms with Crippen LogP contribution in [0.1, 0.15) is 47.8 Å². The topological polar surface area (TPSA) is 95.2 Å². The van der Waals surface area contributed by atoms with Crippen molar-refractivity contribution in [3.05, 3.63) is 59.9 Å². The van der Waals surface area contributed by atoms with Crippen LogP contribution >= 0.6 is 0 Å². The van der Waals surface area contributed by atoms with Crippen LogP contribution in [-0.4, -0.2) is 48.3 Å². The van der Waals surface area contributed by atoms with E-state index in [4.69, 9.17) is 4.98 Å². The summed E-state index contributed by atoms with van der Waals surface area (Å²) in [4.78, 5) is 23.2. The van der Waals surface area contributed by atoms with E-state index in [1.54, 1.807) is 12.1 Å². The number of nitrogens with zero attached hydrogens (tertiary/aromatic N) is 2. The van der Waals surface area contributed by atoms with Crippen molar-refractivity contribution in [2.75, 3.05) is 13.1 Å². The number of para-hydroxylation sites is 2. The minimum Gasteiger partial charge on any atom is -0.342 e. The van der Waals surface area contributed by atoms with Crippen LogP contribution in [0.25, 0.3) is 11.0 Å². The summed E-state index contributed by atoms with van der Waals surface area (Å²) in [5.74, 6) is 1.01. The van der Waals surface area contributed by atoms with Gasteiger partial charge in [0.2, 0.25) is 10.0 Å². The lowest BCUT2D eigenvalue weighted by Gasteiger charge is -2.32.